The van der Waals surface area contributed by atoms with Crippen molar-refractivity contribution >= 4 is 0 Å². The second kappa shape index (κ2) is 4.26. The Balaban J connectivity index is 2.17. The van der Waals surface area contributed by atoms with Gasteiger partial charge in [0.2, 0.25) is 5.36 Å². The molecule has 3 aromatic rings. The molecule has 18 heavy (non-hydrogen) atoms. The minimum Gasteiger partial charge on any atom is -0.234 e. The van der Waals surface area contributed by atoms with Gasteiger partial charge in [-0.1, -0.05) is 60.7 Å². The molecule has 3 aromatic carbocycles. The minimum absolute atomic E-state index is 1.31. The van der Waals surface area contributed by atoms with E-state index in [2.05, 4.69) is 79.3 Å². The first-order valence-electron chi connectivity index (χ1n) is 6.19. The quantitative estimate of drug-likeness (QED) is 0.600. The molecule has 0 bridgehead atoms. The zero-order valence-corrected chi connectivity index (χ0v) is 10.7. The second-order valence-electron chi connectivity index (χ2n) is 4.73. The van der Waals surface area contributed by atoms with E-state index in [9.17, 15) is 0 Å². The summed E-state index contributed by atoms with van der Waals surface area (Å²) in [6.07, 6.45) is 0. The molecule has 0 atom stereocenters. The number of nitrogens with zero attached hydrogens (tertiary/aromatic N) is 1. The highest BCUT2D eigenvalue weighted by Crippen LogP contribution is 2.33. The zero-order valence-electron chi connectivity index (χ0n) is 10.7. The topological polar surface area (TPSA) is 3.01 Å². The van der Waals surface area contributed by atoms with Crippen LogP contribution in [0.5, 0.6) is 0 Å². The van der Waals surface area contributed by atoms with Gasteiger partial charge in [-0.2, -0.15) is 0 Å². The lowest BCUT2D eigenvalue weighted by atomic mass is 10.1. The Morgan fingerprint density at radius 3 is 1.33 bits per heavy atom. The van der Waals surface area contributed by atoms with Gasteiger partial charge < -0.3 is 0 Å². The van der Waals surface area contributed by atoms with Crippen molar-refractivity contribution in [1.29, 1.82) is 0 Å². The fourth-order valence-electron chi connectivity index (χ4n) is 2.40. The standard InChI is InChI=1S/C17H16N/c1-18(2)17-15(13-9-5-3-6-10-13)16(17)14-11-7-4-8-12-14/h3-12H,1-2H3/q+1. The highest BCUT2D eigenvalue weighted by molar-refractivity contribution is 5.93. The van der Waals surface area contributed by atoms with Crippen molar-refractivity contribution < 1.29 is 0 Å². The van der Waals surface area contributed by atoms with Gasteiger partial charge in [0.15, 0.2) is 0 Å². The number of rotatable bonds is 2. The summed E-state index contributed by atoms with van der Waals surface area (Å²) in [5.74, 6) is 0. The number of hydrogen-bond donors (Lipinski definition) is 0. The van der Waals surface area contributed by atoms with Crippen LogP contribution in [0.25, 0.3) is 22.3 Å². The molecule has 0 aromatic heterocycles. The van der Waals surface area contributed by atoms with Gasteiger partial charge in [-0.3, -0.25) is 0 Å². The van der Waals surface area contributed by atoms with Crippen molar-refractivity contribution in [3.63, 3.8) is 0 Å². The summed E-state index contributed by atoms with van der Waals surface area (Å²) in [7, 11) is 4.21. The molecule has 3 rings (SSSR count). The van der Waals surface area contributed by atoms with Gasteiger partial charge in [-0.25, -0.2) is 4.58 Å². The molecule has 0 saturated heterocycles. The number of hydrogen-bond acceptors (Lipinski definition) is 0. The number of benzene rings is 2. The molecule has 0 amide bonds. The van der Waals surface area contributed by atoms with Crippen LogP contribution in [0.3, 0.4) is 0 Å². The maximum atomic E-state index is 2.20. The summed E-state index contributed by atoms with van der Waals surface area (Å²) in [4.78, 5) is 0. The molecule has 0 aliphatic rings. The monoisotopic (exact) mass is 234 g/mol. The van der Waals surface area contributed by atoms with Gasteiger partial charge in [0.25, 0.3) is 0 Å². The molecular formula is C17H16N+. The third-order valence-corrected chi connectivity index (χ3v) is 3.23. The Morgan fingerprint density at radius 1 is 0.611 bits per heavy atom. The van der Waals surface area contributed by atoms with Gasteiger partial charge >= 0.3 is 0 Å². The van der Waals surface area contributed by atoms with Crippen LogP contribution in [0.15, 0.2) is 60.7 Å². The SMILES string of the molecule is C[N+](C)=c1c(-c2ccccc2)c1-c1ccccc1. The molecule has 0 saturated carbocycles. The smallest absolute Gasteiger partial charge is 0.217 e. The van der Waals surface area contributed by atoms with Crippen LogP contribution in [0, 0.1) is 0 Å². The van der Waals surface area contributed by atoms with Crippen LogP contribution < -0.4 is 9.93 Å². The van der Waals surface area contributed by atoms with E-state index in [4.69, 9.17) is 0 Å². The van der Waals surface area contributed by atoms with E-state index >= 15 is 0 Å². The highest BCUT2D eigenvalue weighted by Gasteiger charge is 2.28. The fraction of sp³-hybridized carbons (Fsp3) is 0.118. The largest absolute Gasteiger partial charge is 0.234 e. The molecule has 0 unspecified atom stereocenters. The van der Waals surface area contributed by atoms with Crippen LogP contribution >= 0.6 is 0 Å². The molecule has 0 heterocycles. The fourth-order valence-corrected chi connectivity index (χ4v) is 2.40. The van der Waals surface area contributed by atoms with Crippen molar-refractivity contribution in [2.75, 3.05) is 14.1 Å². The maximum Gasteiger partial charge on any atom is 0.217 e. The van der Waals surface area contributed by atoms with Crippen LogP contribution in [0.1, 0.15) is 0 Å². The lowest BCUT2D eigenvalue weighted by Crippen LogP contribution is -2.13. The highest BCUT2D eigenvalue weighted by atomic mass is 14.9. The summed E-state index contributed by atoms with van der Waals surface area (Å²) in [6, 6.07) is 21.2. The molecule has 0 fully saturated rings. The van der Waals surface area contributed by atoms with Crippen LogP contribution in [-0.4, -0.2) is 14.1 Å². The first-order chi connectivity index (χ1) is 8.79. The first kappa shape index (κ1) is 11.0. The predicted molar refractivity (Wildman–Crippen MR) is 76.8 cm³/mol. The van der Waals surface area contributed by atoms with E-state index in [1.165, 1.54) is 27.6 Å². The molecule has 0 aliphatic heterocycles. The summed E-state index contributed by atoms with van der Waals surface area (Å²) in [6.45, 7) is 0. The molecule has 0 spiro atoms. The molecule has 1 heteroatoms. The van der Waals surface area contributed by atoms with Crippen LogP contribution in [0.2, 0.25) is 0 Å². The van der Waals surface area contributed by atoms with E-state index in [0.717, 1.165) is 0 Å². The van der Waals surface area contributed by atoms with Gasteiger partial charge in [-0.05, 0) is 11.1 Å². The molecule has 1 nitrogen and oxygen atoms in total. The Kier molecular flexibility index (Phi) is 2.60. The summed E-state index contributed by atoms with van der Waals surface area (Å²) < 4.78 is 2.20. The predicted octanol–water partition coefficient (Wildman–Crippen LogP) is 2.93. The Bertz CT molecular complexity index is 625. The summed E-state index contributed by atoms with van der Waals surface area (Å²) >= 11 is 0. The Morgan fingerprint density at radius 2 is 1.00 bits per heavy atom. The average Bonchev–Trinajstić information content (AvgIpc) is 3.16. The molecule has 88 valence electrons. The first-order valence-corrected chi connectivity index (χ1v) is 6.19. The average molecular weight is 234 g/mol. The maximum absolute atomic E-state index is 2.20. The van der Waals surface area contributed by atoms with E-state index in [-0.39, 0.29) is 0 Å². The van der Waals surface area contributed by atoms with E-state index in [0.29, 0.717) is 0 Å². The van der Waals surface area contributed by atoms with E-state index < -0.39 is 0 Å². The lowest BCUT2D eigenvalue weighted by Gasteiger charge is -1.91. The van der Waals surface area contributed by atoms with Crippen molar-refractivity contribution in [3.8, 4) is 22.3 Å². The van der Waals surface area contributed by atoms with Crippen molar-refractivity contribution in [3.05, 3.63) is 66.0 Å². The lowest BCUT2D eigenvalue weighted by molar-refractivity contribution is 0.833. The third-order valence-electron chi connectivity index (χ3n) is 3.23. The minimum atomic E-state index is 1.31. The Hall–Kier alpha value is -2.15. The van der Waals surface area contributed by atoms with Gasteiger partial charge in [0.1, 0.15) is 14.1 Å². The van der Waals surface area contributed by atoms with Crippen molar-refractivity contribution in [2.45, 2.75) is 0 Å². The van der Waals surface area contributed by atoms with Gasteiger partial charge in [0, 0.05) is 0 Å². The third kappa shape index (κ3) is 1.78. The normalized spacial score (nSPS) is 10.8. The summed E-state index contributed by atoms with van der Waals surface area (Å²) in [5.41, 5.74) is 5.37. The van der Waals surface area contributed by atoms with Crippen molar-refractivity contribution in [2.24, 2.45) is 0 Å². The van der Waals surface area contributed by atoms with Crippen LogP contribution in [-0.2, 0) is 0 Å². The van der Waals surface area contributed by atoms with Crippen LogP contribution in [0.4, 0.5) is 0 Å². The van der Waals surface area contributed by atoms with Crippen molar-refractivity contribution in [1.82, 2.24) is 4.58 Å². The zero-order chi connectivity index (χ0) is 12.5. The Labute approximate surface area is 107 Å². The summed E-state index contributed by atoms with van der Waals surface area (Å²) in [5, 5.41) is 1.35. The van der Waals surface area contributed by atoms with E-state index in [1.807, 2.05) is 0 Å². The molecule has 0 N–H and O–H groups in total. The molecule has 0 radical (unpaired) electrons. The van der Waals surface area contributed by atoms with Gasteiger partial charge in [0.05, 0.1) is 11.1 Å². The second-order valence-corrected chi connectivity index (χ2v) is 4.73. The molecule has 0 aliphatic carbocycles. The van der Waals surface area contributed by atoms with E-state index in [1.54, 1.807) is 0 Å². The molecular weight excluding hydrogens is 218 g/mol. The van der Waals surface area contributed by atoms with Gasteiger partial charge in [-0.15, -0.1) is 0 Å².